The van der Waals surface area contributed by atoms with Gasteiger partial charge in [-0.1, -0.05) is 12.2 Å². The van der Waals surface area contributed by atoms with E-state index in [1.807, 2.05) is 0 Å². The zero-order chi connectivity index (χ0) is 28.9. The molecule has 0 bridgehead atoms. The van der Waals surface area contributed by atoms with Crippen LogP contribution in [0.5, 0.6) is 11.5 Å². The number of hydrogen-bond donors (Lipinski definition) is 0. The van der Waals surface area contributed by atoms with E-state index in [0.29, 0.717) is 24.7 Å². The van der Waals surface area contributed by atoms with Crippen molar-refractivity contribution in [3.63, 3.8) is 0 Å². The van der Waals surface area contributed by atoms with Crippen molar-refractivity contribution in [2.24, 2.45) is 29.6 Å². The fraction of sp³-hybridized carbons (Fsp3) is 0.733. The molecule has 0 amide bonds. The maximum absolute atomic E-state index is 14.3. The van der Waals surface area contributed by atoms with Crippen molar-refractivity contribution in [1.82, 2.24) is 0 Å². The smallest absolute Gasteiger partial charge is 0.431 e. The average molecular weight is 581 g/mol. The predicted molar refractivity (Wildman–Crippen MR) is 136 cm³/mol. The molecule has 3 nitrogen and oxygen atoms in total. The lowest BCUT2D eigenvalue weighted by atomic mass is 9.65. The molecule has 0 spiro atoms. The molecule has 3 aliphatic carbocycles. The van der Waals surface area contributed by atoms with Gasteiger partial charge in [0.25, 0.3) is 0 Å². The zero-order valence-corrected chi connectivity index (χ0v) is 22.8. The Kier molecular flexibility index (Phi) is 10.3. The van der Waals surface area contributed by atoms with Crippen LogP contribution in [-0.4, -0.2) is 25.2 Å². The second-order valence-electron chi connectivity index (χ2n) is 11.7. The van der Waals surface area contributed by atoms with Crippen LogP contribution in [0.4, 0.5) is 30.7 Å². The quantitative estimate of drug-likeness (QED) is 0.215. The van der Waals surface area contributed by atoms with Crippen LogP contribution in [0, 0.1) is 41.2 Å². The molecular formula is C30H39F7O3. The second kappa shape index (κ2) is 13.3. The van der Waals surface area contributed by atoms with E-state index in [1.54, 1.807) is 0 Å². The summed E-state index contributed by atoms with van der Waals surface area (Å²) >= 11 is 0. The fourth-order valence-electron chi connectivity index (χ4n) is 7.12. The lowest BCUT2D eigenvalue weighted by Gasteiger charge is -2.41. The molecule has 1 aromatic rings. The molecule has 0 N–H and O–H groups in total. The van der Waals surface area contributed by atoms with Crippen LogP contribution < -0.4 is 9.47 Å². The molecule has 0 saturated heterocycles. The summed E-state index contributed by atoms with van der Waals surface area (Å²) in [7, 11) is 0. The van der Waals surface area contributed by atoms with Crippen LogP contribution in [0.2, 0.25) is 0 Å². The van der Waals surface area contributed by atoms with E-state index in [4.69, 9.17) is 4.74 Å². The van der Waals surface area contributed by atoms with Crippen molar-refractivity contribution in [1.29, 1.82) is 0 Å². The monoisotopic (exact) mass is 580 g/mol. The highest BCUT2D eigenvalue weighted by atomic mass is 19.4. The molecule has 3 aliphatic rings. The summed E-state index contributed by atoms with van der Waals surface area (Å²) in [6.45, 7) is 0.962. The van der Waals surface area contributed by atoms with Gasteiger partial charge in [-0.15, -0.1) is 13.2 Å². The van der Waals surface area contributed by atoms with E-state index < -0.39 is 42.2 Å². The Bertz CT molecular complexity index is 949. The molecule has 40 heavy (non-hydrogen) atoms. The molecule has 3 fully saturated rings. The summed E-state index contributed by atoms with van der Waals surface area (Å²) in [6, 6.07) is 0.430. The Labute approximate surface area is 231 Å². The fourth-order valence-corrected chi connectivity index (χ4v) is 7.12. The number of halogens is 7. The molecule has 10 heteroatoms. The zero-order valence-electron chi connectivity index (χ0n) is 22.8. The van der Waals surface area contributed by atoms with Crippen molar-refractivity contribution in [2.75, 3.05) is 6.61 Å². The Morgan fingerprint density at radius 3 is 1.60 bits per heavy atom. The summed E-state index contributed by atoms with van der Waals surface area (Å²) in [5, 5.41) is 0. The van der Waals surface area contributed by atoms with Crippen LogP contribution in [0.15, 0.2) is 24.3 Å². The molecule has 0 unspecified atom stereocenters. The molecule has 226 valence electrons. The van der Waals surface area contributed by atoms with E-state index in [0.717, 1.165) is 30.6 Å². The van der Waals surface area contributed by atoms with Gasteiger partial charge in [-0.25, -0.2) is 8.78 Å². The van der Waals surface area contributed by atoms with E-state index >= 15 is 0 Å². The third kappa shape index (κ3) is 8.76. The van der Waals surface area contributed by atoms with Gasteiger partial charge in [0.1, 0.15) is 5.75 Å². The maximum atomic E-state index is 14.3. The predicted octanol–water partition coefficient (Wildman–Crippen LogP) is 9.60. The van der Waals surface area contributed by atoms with Crippen molar-refractivity contribution < 1.29 is 44.9 Å². The van der Waals surface area contributed by atoms with Gasteiger partial charge >= 0.3 is 12.5 Å². The van der Waals surface area contributed by atoms with Crippen molar-refractivity contribution in [2.45, 2.75) is 103 Å². The first kappa shape index (κ1) is 31.0. The molecule has 0 aliphatic heterocycles. The highest BCUT2D eigenvalue weighted by molar-refractivity contribution is 5.35. The molecule has 0 radical (unpaired) electrons. The first-order valence-corrected chi connectivity index (χ1v) is 14.5. The minimum absolute atomic E-state index is 0.215. The first-order chi connectivity index (χ1) is 18.9. The third-order valence-electron chi connectivity index (χ3n) is 9.09. The molecular weight excluding hydrogens is 541 g/mol. The van der Waals surface area contributed by atoms with E-state index in [9.17, 15) is 30.7 Å². The van der Waals surface area contributed by atoms with Gasteiger partial charge in [-0.3, -0.25) is 0 Å². The molecule has 0 aromatic heterocycles. The first-order valence-electron chi connectivity index (χ1n) is 14.5. The van der Waals surface area contributed by atoms with Crippen LogP contribution in [0.25, 0.3) is 0 Å². The molecule has 4 rings (SSSR count). The van der Waals surface area contributed by atoms with Gasteiger partial charge in [0.05, 0.1) is 6.10 Å². The number of alkyl halides is 5. The molecule has 0 atom stereocenters. The lowest BCUT2D eigenvalue weighted by Crippen LogP contribution is -2.35. The van der Waals surface area contributed by atoms with Crippen LogP contribution in [0.3, 0.4) is 0 Å². The summed E-state index contributed by atoms with van der Waals surface area (Å²) in [5.74, 6) is -2.64. The number of benzene rings is 1. The summed E-state index contributed by atoms with van der Waals surface area (Å²) < 4.78 is 106. The van der Waals surface area contributed by atoms with E-state index in [-0.39, 0.29) is 18.2 Å². The van der Waals surface area contributed by atoms with Gasteiger partial charge in [-0.05, 0) is 114 Å². The van der Waals surface area contributed by atoms with Gasteiger partial charge in [-0.2, -0.15) is 8.78 Å². The van der Waals surface area contributed by atoms with Crippen molar-refractivity contribution >= 4 is 0 Å². The minimum atomic E-state index is -5.34. The maximum Gasteiger partial charge on any atom is 0.573 e. The largest absolute Gasteiger partial charge is 0.573 e. The summed E-state index contributed by atoms with van der Waals surface area (Å²) in [6.07, 6.45) is 8.35. The van der Waals surface area contributed by atoms with Crippen LogP contribution >= 0.6 is 0 Å². The van der Waals surface area contributed by atoms with Gasteiger partial charge in [0.15, 0.2) is 18.2 Å². The van der Waals surface area contributed by atoms with E-state index in [1.165, 1.54) is 51.4 Å². The lowest BCUT2D eigenvalue weighted by molar-refractivity contribution is -0.276. The van der Waals surface area contributed by atoms with Gasteiger partial charge in [0, 0.05) is 12.1 Å². The SMILES string of the molecule is CC=CC1CCC(C2CCC(C3CCC(OCC(F)(F)Oc4cc(F)c(OC(F)(F)F)c(F)c4)CC3)CC2)CC1. The van der Waals surface area contributed by atoms with Crippen molar-refractivity contribution in [3.8, 4) is 11.5 Å². The topological polar surface area (TPSA) is 27.7 Å². The molecule has 0 heterocycles. The average Bonchev–Trinajstić information content (AvgIpc) is 2.90. The normalized spacial score (nSPS) is 30.4. The standard InChI is InChI=1S/C30H39F7O3/c1-2-3-19-4-6-20(7-5-19)21-8-10-22(11-9-21)23-12-14-24(15-13-23)38-18-29(33,34)39-25-16-26(31)28(27(32)17-25)40-30(35,36)37/h2-3,16-17,19-24H,4-15,18H2,1H3. The minimum Gasteiger partial charge on any atom is -0.431 e. The highest BCUT2D eigenvalue weighted by Gasteiger charge is 2.38. The third-order valence-corrected chi connectivity index (χ3v) is 9.09. The Hall–Kier alpha value is -1.97. The number of hydrogen-bond acceptors (Lipinski definition) is 3. The Morgan fingerprint density at radius 1 is 0.700 bits per heavy atom. The molecule has 1 aromatic carbocycles. The van der Waals surface area contributed by atoms with Crippen LogP contribution in [0.1, 0.15) is 84.0 Å². The number of rotatable bonds is 9. The summed E-state index contributed by atoms with van der Waals surface area (Å²) in [4.78, 5) is 0. The highest BCUT2D eigenvalue weighted by Crippen LogP contribution is 2.46. The second-order valence-corrected chi connectivity index (χ2v) is 11.7. The van der Waals surface area contributed by atoms with Gasteiger partial charge < -0.3 is 14.2 Å². The van der Waals surface area contributed by atoms with E-state index in [2.05, 4.69) is 28.5 Å². The number of ether oxygens (including phenoxy) is 3. The summed E-state index contributed by atoms with van der Waals surface area (Å²) in [5.41, 5.74) is 0. The number of allylic oxidation sites excluding steroid dienone is 2. The molecule has 3 saturated carbocycles. The van der Waals surface area contributed by atoms with Crippen molar-refractivity contribution in [3.05, 3.63) is 35.9 Å². The Morgan fingerprint density at radius 2 is 1.15 bits per heavy atom. The Balaban J connectivity index is 1.17. The van der Waals surface area contributed by atoms with Crippen LogP contribution in [-0.2, 0) is 4.74 Å². The van der Waals surface area contributed by atoms with Gasteiger partial charge in [0.2, 0.25) is 5.75 Å².